The number of piperidine rings is 1. The minimum Gasteiger partial charge on any atom is -0.338 e. The van der Waals surface area contributed by atoms with Crippen LogP contribution in [0.4, 0.5) is 10.5 Å². The topological polar surface area (TPSA) is 44.4 Å². The zero-order chi connectivity index (χ0) is 15.6. The van der Waals surface area contributed by atoms with E-state index >= 15 is 0 Å². The molecule has 2 rings (SSSR count). The standard InChI is InChI=1S/C17H26ClN3O/c18-15-7-9-16(10-8-15)20-17(22)19-11-3-1-4-12-21-13-5-2-6-14-21/h7-10H,1-6,11-14H2,(H2,19,20,22). The molecule has 0 aliphatic carbocycles. The summed E-state index contributed by atoms with van der Waals surface area (Å²) in [4.78, 5) is 14.3. The molecule has 1 aromatic carbocycles. The van der Waals surface area contributed by atoms with E-state index in [0.717, 1.165) is 25.1 Å². The lowest BCUT2D eigenvalue weighted by atomic mass is 10.1. The molecule has 2 N–H and O–H groups in total. The molecule has 1 heterocycles. The highest BCUT2D eigenvalue weighted by atomic mass is 35.5. The quantitative estimate of drug-likeness (QED) is 0.741. The van der Waals surface area contributed by atoms with E-state index in [9.17, 15) is 4.79 Å². The Bertz CT molecular complexity index is 444. The maximum absolute atomic E-state index is 11.7. The molecule has 0 bridgehead atoms. The predicted molar refractivity (Wildman–Crippen MR) is 92.6 cm³/mol. The molecular weight excluding hydrogens is 298 g/mol. The van der Waals surface area contributed by atoms with Crippen LogP contribution < -0.4 is 10.6 Å². The Hall–Kier alpha value is -1.26. The lowest BCUT2D eigenvalue weighted by Crippen LogP contribution is -2.31. The summed E-state index contributed by atoms with van der Waals surface area (Å²) in [5, 5.41) is 6.35. The average molecular weight is 324 g/mol. The summed E-state index contributed by atoms with van der Waals surface area (Å²) in [7, 11) is 0. The molecule has 0 radical (unpaired) electrons. The van der Waals surface area contributed by atoms with Crippen LogP contribution in [0.3, 0.4) is 0 Å². The zero-order valence-electron chi connectivity index (χ0n) is 13.1. The summed E-state index contributed by atoms with van der Waals surface area (Å²) >= 11 is 5.80. The number of hydrogen-bond acceptors (Lipinski definition) is 2. The van der Waals surface area contributed by atoms with Crippen LogP contribution in [0, 0.1) is 0 Å². The highest BCUT2D eigenvalue weighted by Gasteiger charge is 2.08. The van der Waals surface area contributed by atoms with Crippen LogP contribution in [-0.2, 0) is 0 Å². The number of rotatable bonds is 7. The first-order valence-electron chi connectivity index (χ1n) is 8.27. The lowest BCUT2D eigenvalue weighted by Gasteiger charge is -2.26. The molecular formula is C17H26ClN3O. The molecule has 2 amide bonds. The van der Waals surface area contributed by atoms with Gasteiger partial charge in [-0.15, -0.1) is 0 Å². The van der Waals surface area contributed by atoms with Crippen LogP contribution in [-0.4, -0.2) is 37.1 Å². The van der Waals surface area contributed by atoms with E-state index < -0.39 is 0 Å². The van der Waals surface area contributed by atoms with Crippen LogP contribution in [0.15, 0.2) is 24.3 Å². The molecule has 4 nitrogen and oxygen atoms in total. The van der Waals surface area contributed by atoms with E-state index in [0.29, 0.717) is 5.02 Å². The van der Waals surface area contributed by atoms with Gasteiger partial charge in [0.1, 0.15) is 0 Å². The van der Waals surface area contributed by atoms with E-state index in [2.05, 4.69) is 15.5 Å². The van der Waals surface area contributed by atoms with Crippen molar-refractivity contribution in [3.8, 4) is 0 Å². The molecule has 5 heteroatoms. The van der Waals surface area contributed by atoms with Crippen molar-refractivity contribution in [3.05, 3.63) is 29.3 Å². The Morgan fingerprint density at radius 3 is 2.50 bits per heavy atom. The van der Waals surface area contributed by atoms with Crippen LogP contribution >= 0.6 is 11.6 Å². The van der Waals surface area contributed by atoms with Gasteiger partial charge in [-0.25, -0.2) is 4.79 Å². The molecule has 0 saturated carbocycles. The SMILES string of the molecule is O=C(NCCCCCN1CCCCC1)Nc1ccc(Cl)cc1. The van der Waals surface area contributed by atoms with E-state index in [4.69, 9.17) is 11.6 Å². The molecule has 1 aromatic rings. The summed E-state index contributed by atoms with van der Waals surface area (Å²) in [5.41, 5.74) is 0.756. The van der Waals surface area contributed by atoms with E-state index in [1.807, 2.05) is 0 Å². The second kappa shape index (κ2) is 9.70. The summed E-state index contributed by atoms with van der Waals surface area (Å²) in [6.07, 6.45) is 7.52. The number of nitrogens with zero attached hydrogens (tertiary/aromatic N) is 1. The number of amides is 2. The summed E-state index contributed by atoms with van der Waals surface area (Å²) < 4.78 is 0. The van der Waals surface area contributed by atoms with Crippen molar-refractivity contribution in [2.24, 2.45) is 0 Å². The van der Waals surface area contributed by atoms with Gasteiger partial charge in [-0.3, -0.25) is 0 Å². The number of urea groups is 1. The van der Waals surface area contributed by atoms with E-state index in [1.165, 1.54) is 45.3 Å². The maximum atomic E-state index is 11.7. The van der Waals surface area contributed by atoms with E-state index in [-0.39, 0.29) is 6.03 Å². The smallest absolute Gasteiger partial charge is 0.319 e. The Morgan fingerprint density at radius 1 is 1.05 bits per heavy atom. The minimum atomic E-state index is -0.154. The highest BCUT2D eigenvalue weighted by Crippen LogP contribution is 2.13. The fourth-order valence-corrected chi connectivity index (χ4v) is 2.86. The van der Waals surface area contributed by atoms with Crippen molar-refractivity contribution < 1.29 is 4.79 Å². The largest absolute Gasteiger partial charge is 0.338 e. The van der Waals surface area contributed by atoms with Gasteiger partial charge in [0.05, 0.1) is 0 Å². The van der Waals surface area contributed by atoms with Gasteiger partial charge in [0, 0.05) is 17.3 Å². The van der Waals surface area contributed by atoms with E-state index in [1.54, 1.807) is 24.3 Å². The normalized spacial score (nSPS) is 15.5. The molecule has 1 aliphatic rings. The summed E-state index contributed by atoms with van der Waals surface area (Å²) in [6, 6.07) is 6.95. The number of anilines is 1. The first-order valence-corrected chi connectivity index (χ1v) is 8.64. The third kappa shape index (κ3) is 6.67. The minimum absolute atomic E-state index is 0.154. The Balaban J connectivity index is 1.49. The van der Waals surface area contributed by atoms with Crippen molar-refractivity contribution in [2.75, 3.05) is 31.5 Å². The Labute approximate surface area is 138 Å². The molecule has 22 heavy (non-hydrogen) atoms. The van der Waals surface area contributed by atoms with Crippen molar-refractivity contribution in [3.63, 3.8) is 0 Å². The first-order chi connectivity index (χ1) is 10.7. The Kier molecular flexibility index (Phi) is 7.54. The molecule has 1 aliphatic heterocycles. The second-order valence-corrected chi connectivity index (χ2v) is 6.29. The number of benzene rings is 1. The van der Waals surface area contributed by atoms with Gasteiger partial charge in [0.2, 0.25) is 0 Å². The molecule has 0 unspecified atom stereocenters. The summed E-state index contributed by atoms with van der Waals surface area (Å²) in [5.74, 6) is 0. The van der Waals surface area contributed by atoms with Crippen molar-refractivity contribution in [1.29, 1.82) is 0 Å². The first kappa shape index (κ1) is 17.1. The molecule has 0 atom stereocenters. The number of carbonyl (C=O) groups is 1. The summed E-state index contributed by atoms with van der Waals surface area (Å²) in [6.45, 7) is 4.46. The van der Waals surface area contributed by atoms with Gasteiger partial charge in [-0.2, -0.15) is 0 Å². The van der Waals surface area contributed by atoms with Gasteiger partial charge in [0.15, 0.2) is 0 Å². The fraction of sp³-hybridized carbons (Fsp3) is 0.588. The predicted octanol–water partition coefficient (Wildman–Crippen LogP) is 4.12. The number of likely N-dealkylation sites (tertiary alicyclic amines) is 1. The molecule has 1 saturated heterocycles. The van der Waals surface area contributed by atoms with Gasteiger partial charge in [-0.1, -0.05) is 24.4 Å². The third-order valence-corrected chi connectivity index (χ3v) is 4.24. The molecule has 1 fully saturated rings. The number of carbonyl (C=O) groups excluding carboxylic acids is 1. The van der Waals surface area contributed by atoms with Crippen molar-refractivity contribution in [1.82, 2.24) is 10.2 Å². The van der Waals surface area contributed by atoms with Crippen molar-refractivity contribution in [2.45, 2.75) is 38.5 Å². The monoisotopic (exact) mass is 323 g/mol. The molecule has 0 aromatic heterocycles. The van der Waals surface area contributed by atoms with Crippen LogP contribution in [0.25, 0.3) is 0 Å². The number of unbranched alkanes of at least 4 members (excludes halogenated alkanes) is 2. The number of halogens is 1. The second-order valence-electron chi connectivity index (χ2n) is 5.85. The highest BCUT2D eigenvalue weighted by molar-refractivity contribution is 6.30. The number of nitrogens with one attached hydrogen (secondary N) is 2. The van der Waals surface area contributed by atoms with Crippen molar-refractivity contribution >= 4 is 23.3 Å². The van der Waals surface area contributed by atoms with Gasteiger partial charge in [-0.05, 0) is 69.6 Å². The van der Waals surface area contributed by atoms with Gasteiger partial charge in [0.25, 0.3) is 0 Å². The Morgan fingerprint density at radius 2 is 1.77 bits per heavy atom. The van der Waals surface area contributed by atoms with Crippen LogP contribution in [0.2, 0.25) is 5.02 Å². The molecule has 122 valence electrons. The third-order valence-electron chi connectivity index (χ3n) is 3.99. The maximum Gasteiger partial charge on any atom is 0.319 e. The van der Waals surface area contributed by atoms with Crippen LogP contribution in [0.1, 0.15) is 38.5 Å². The lowest BCUT2D eigenvalue weighted by molar-refractivity contribution is 0.224. The fourth-order valence-electron chi connectivity index (χ4n) is 2.73. The van der Waals surface area contributed by atoms with Gasteiger partial charge >= 0.3 is 6.03 Å². The number of hydrogen-bond donors (Lipinski definition) is 2. The zero-order valence-corrected chi connectivity index (χ0v) is 13.9. The van der Waals surface area contributed by atoms with Crippen LogP contribution in [0.5, 0.6) is 0 Å². The molecule has 0 spiro atoms. The van der Waals surface area contributed by atoms with Gasteiger partial charge < -0.3 is 15.5 Å². The average Bonchev–Trinajstić information content (AvgIpc) is 2.54.